The van der Waals surface area contributed by atoms with Crippen molar-refractivity contribution in [1.29, 1.82) is 0 Å². The highest BCUT2D eigenvalue weighted by Crippen LogP contribution is 2.50. The molecule has 6 nitrogen and oxygen atoms in total. The van der Waals surface area contributed by atoms with E-state index >= 15 is 0 Å². The van der Waals surface area contributed by atoms with E-state index < -0.39 is 0 Å². The molecule has 0 bridgehead atoms. The molecule has 1 amide bonds. The predicted octanol–water partition coefficient (Wildman–Crippen LogP) is 4.14. The summed E-state index contributed by atoms with van der Waals surface area (Å²) < 4.78 is 3.60. The standard InChI is InChI=1S/C28H34N4O2/c1-2-29-26(33)18-31-23-11-3-4-12-24(23)32(28(31)34)21-13-15-30(16-14-21)25-17-20-9-5-7-19-8-6-10-22(25)27(19)20/h3-4,6,8,10-12,20-21,25H,2,5,7,9,13-18H2,1H3,(H,29,33). The number of fused-ring (bicyclic) bond motifs is 1. The molecule has 6 rings (SSSR count). The zero-order valence-electron chi connectivity index (χ0n) is 20.0. The van der Waals surface area contributed by atoms with Gasteiger partial charge in [-0.1, -0.05) is 30.3 Å². The van der Waals surface area contributed by atoms with E-state index in [0.717, 1.165) is 42.9 Å². The number of hydrogen-bond acceptors (Lipinski definition) is 3. The van der Waals surface area contributed by atoms with Crippen molar-refractivity contribution in [3.05, 3.63) is 69.6 Å². The number of aryl methyl sites for hydroxylation is 1. The molecule has 2 heterocycles. The van der Waals surface area contributed by atoms with Crippen LogP contribution >= 0.6 is 0 Å². The molecular weight excluding hydrogens is 424 g/mol. The van der Waals surface area contributed by atoms with Gasteiger partial charge in [0.25, 0.3) is 0 Å². The Morgan fingerprint density at radius 1 is 1.03 bits per heavy atom. The lowest BCUT2D eigenvalue weighted by Gasteiger charge is -2.37. The molecule has 2 aromatic carbocycles. The highest BCUT2D eigenvalue weighted by Gasteiger charge is 2.38. The fourth-order valence-corrected chi connectivity index (χ4v) is 6.89. The van der Waals surface area contributed by atoms with Gasteiger partial charge in [-0.2, -0.15) is 0 Å². The molecule has 2 atom stereocenters. The van der Waals surface area contributed by atoms with Crippen molar-refractivity contribution in [1.82, 2.24) is 19.4 Å². The lowest BCUT2D eigenvalue weighted by Crippen LogP contribution is -2.40. The summed E-state index contributed by atoms with van der Waals surface area (Å²) in [5.74, 6) is 0.617. The molecule has 1 saturated heterocycles. The van der Waals surface area contributed by atoms with Crippen LogP contribution < -0.4 is 11.0 Å². The largest absolute Gasteiger partial charge is 0.355 e. The fraction of sp³-hybridized carbons (Fsp3) is 0.500. The molecule has 2 aliphatic carbocycles. The van der Waals surface area contributed by atoms with E-state index in [1.165, 1.54) is 25.7 Å². The van der Waals surface area contributed by atoms with Crippen LogP contribution in [0.2, 0.25) is 0 Å². The molecular formula is C28H34N4O2. The van der Waals surface area contributed by atoms with Crippen LogP contribution in [0.5, 0.6) is 0 Å². The molecule has 2 unspecified atom stereocenters. The van der Waals surface area contributed by atoms with Gasteiger partial charge in [-0.15, -0.1) is 0 Å². The molecule has 6 heteroatoms. The summed E-state index contributed by atoms with van der Waals surface area (Å²) in [7, 11) is 0. The third-order valence-electron chi connectivity index (χ3n) is 8.35. The molecule has 1 aliphatic heterocycles. The fourth-order valence-electron chi connectivity index (χ4n) is 6.89. The zero-order valence-corrected chi connectivity index (χ0v) is 20.0. The van der Waals surface area contributed by atoms with E-state index in [1.54, 1.807) is 21.3 Å². The molecule has 1 N–H and O–H groups in total. The first-order chi connectivity index (χ1) is 16.7. The number of hydrogen-bond donors (Lipinski definition) is 1. The number of amides is 1. The van der Waals surface area contributed by atoms with Crippen LogP contribution in [0.3, 0.4) is 0 Å². The van der Waals surface area contributed by atoms with Crippen LogP contribution in [0.15, 0.2) is 47.3 Å². The molecule has 34 heavy (non-hydrogen) atoms. The monoisotopic (exact) mass is 458 g/mol. The second kappa shape index (κ2) is 8.73. The van der Waals surface area contributed by atoms with Gasteiger partial charge >= 0.3 is 5.69 Å². The van der Waals surface area contributed by atoms with Crippen molar-refractivity contribution in [3.8, 4) is 0 Å². The minimum absolute atomic E-state index is 0.0623. The van der Waals surface area contributed by atoms with E-state index in [0.29, 0.717) is 12.6 Å². The summed E-state index contributed by atoms with van der Waals surface area (Å²) in [4.78, 5) is 28.4. The first kappa shape index (κ1) is 21.7. The van der Waals surface area contributed by atoms with E-state index in [4.69, 9.17) is 0 Å². The van der Waals surface area contributed by atoms with E-state index in [9.17, 15) is 9.59 Å². The number of aromatic nitrogens is 2. The maximum atomic E-state index is 13.5. The van der Waals surface area contributed by atoms with Gasteiger partial charge in [0.15, 0.2) is 0 Å². The van der Waals surface area contributed by atoms with Crippen molar-refractivity contribution in [2.45, 2.75) is 70.0 Å². The Hall–Kier alpha value is -2.86. The van der Waals surface area contributed by atoms with Crippen molar-refractivity contribution >= 4 is 16.9 Å². The number of para-hydroxylation sites is 2. The highest BCUT2D eigenvalue weighted by atomic mass is 16.2. The van der Waals surface area contributed by atoms with Crippen molar-refractivity contribution in [2.75, 3.05) is 19.6 Å². The van der Waals surface area contributed by atoms with E-state index in [-0.39, 0.29) is 24.2 Å². The van der Waals surface area contributed by atoms with Crippen LogP contribution in [0.25, 0.3) is 11.0 Å². The summed E-state index contributed by atoms with van der Waals surface area (Å²) in [5.41, 5.74) is 6.53. The second-order valence-corrected chi connectivity index (χ2v) is 10.2. The highest BCUT2D eigenvalue weighted by molar-refractivity contribution is 5.81. The van der Waals surface area contributed by atoms with Gasteiger partial charge in [0.05, 0.1) is 11.0 Å². The first-order valence-electron chi connectivity index (χ1n) is 13.0. The Morgan fingerprint density at radius 3 is 2.62 bits per heavy atom. The Kier molecular flexibility index (Phi) is 5.56. The summed E-state index contributed by atoms with van der Waals surface area (Å²) in [6.07, 6.45) is 7.06. The van der Waals surface area contributed by atoms with Gasteiger partial charge in [0.2, 0.25) is 5.91 Å². The molecule has 1 fully saturated rings. The maximum absolute atomic E-state index is 13.5. The van der Waals surface area contributed by atoms with Gasteiger partial charge in [0, 0.05) is 31.7 Å². The number of carbonyl (C=O) groups excluding carboxylic acids is 1. The van der Waals surface area contributed by atoms with Gasteiger partial charge < -0.3 is 5.32 Å². The third-order valence-corrected chi connectivity index (χ3v) is 8.35. The van der Waals surface area contributed by atoms with Gasteiger partial charge in [-0.05, 0) is 80.2 Å². The van der Waals surface area contributed by atoms with Gasteiger partial charge in [-0.3, -0.25) is 18.8 Å². The number of carbonyl (C=O) groups is 1. The van der Waals surface area contributed by atoms with Crippen molar-refractivity contribution < 1.29 is 4.79 Å². The Bertz CT molecular complexity index is 1280. The average molecular weight is 459 g/mol. The van der Waals surface area contributed by atoms with Crippen molar-refractivity contribution in [2.24, 2.45) is 0 Å². The van der Waals surface area contributed by atoms with Crippen LogP contribution in [-0.2, 0) is 17.8 Å². The minimum atomic E-state index is -0.117. The molecule has 0 spiro atoms. The number of imidazole rings is 1. The molecule has 1 aromatic heterocycles. The van der Waals surface area contributed by atoms with Crippen LogP contribution in [0.1, 0.15) is 73.7 Å². The number of nitrogens with zero attached hydrogens (tertiary/aromatic N) is 3. The topological polar surface area (TPSA) is 59.3 Å². The van der Waals surface area contributed by atoms with Gasteiger partial charge in [-0.25, -0.2) is 4.79 Å². The summed E-state index contributed by atoms with van der Waals surface area (Å²) in [6, 6.07) is 15.5. The Labute approximate surface area is 200 Å². The number of benzene rings is 2. The smallest absolute Gasteiger partial charge is 0.329 e. The maximum Gasteiger partial charge on any atom is 0.329 e. The van der Waals surface area contributed by atoms with Crippen molar-refractivity contribution in [3.63, 3.8) is 0 Å². The quantitative estimate of drug-likeness (QED) is 0.625. The zero-order chi connectivity index (χ0) is 23.2. The third kappa shape index (κ3) is 3.50. The van der Waals surface area contributed by atoms with E-state index in [2.05, 4.69) is 28.4 Å². The number of likely N-dealkylation sites (tertiary alicyclic amines) is 1. The summed E-state index contributed by atoms with van der Waals surface area (Å²) in [5, 5.41) is 2.82. The number of piperidine rings is 1. The number of nitrogens with one attached hydrogen (secondary N) is 1. The summed E-state index contributed by atoms with van der Waals surface area (Å²) in [6.45, 7) is 4.55. The number of rotatable bonds is 5. The van der Waals surface area contributed by atoms with Gasteiger partial charge in [0.1, 0.15) is 6.54 Å². The lowest BCUT2D eigenvalue weighted by atomic mass is 9.84. The number of likely N-dealkylation sites (N-methyl/N-ethyl adjacent to an activating group) is 1. The normalized spacial score (nSPS) is 22.7. The Morgan fingerprint density at radius 2 is 1.82 bits per heavy atom. The summed E-state index contributed by atoms with van der Waals surface area (Å²) >= 11 is 0. The van der Waals surface area contributed by atoms with Crippen LogP contribution in [-0.4, -0.2) is 39.6 Å². The first-order valence-corrected chi connectivity index (χ1v) is 13.0. The molecule has 0 saturated carbocycles. The molecule has 3 aliphatic rings. The van der Waals surface area contributed by atoms with Crippen LogP contribution in [0, 0.1) is 0 Å². The molecule has 0 radical (unpaired) electrons. The minimum Gasteiger partial charge on any atom is -0.355 e. The second-order valence-electron chi connectivity index (χ2n) is 10.2. The lowest BCUT2D eigenvalue weighted by molar-refractivity contribution is -0.121. The SMILES string of the molecule is CCNC(=O)Cn1c(=O)n(C2CCN(C3CC4CCCc5cccc3c54)CC2)c2ccccc21. The van der Waals surface area contributed by atoms with E-state index in [1.807, 2.05) is 35.8 Å². The average Bonchev–Trinajstić information content (AvgIpc) is 3.37. The molecule has 3 aromatic rings. The Balaban J connectivity index is 1.24. The molecule has 178 valence electrons. The predicted molar refractivity (Wildman–Crippen MR) is 134 cm³/mol. The van der Waals surface area contributed by atoms with Crippen LogP contribution in [0.4, 0.5) is 0 Å².